The molecule has 19 heavy (non-hydrogen) atoms. The van der Waals surface area contributed by atoms with Crippen molar-refractivity contribution in [1.82, 2.24) is 14.7 Å². The van der Waals surface area contributed by atoms with Crippen molar-refractivity contribution in [3.8, 4) is 0 Å². The summed E-state index contributed by atoms with van der Waals surface area (Å²) in [5.74, 6) is -0.212. The van der Waals surface area contributed by atoms with Crippen LogP contribution < -0.4 is 5.56 Å². The highest BCUT2D eigenvalue weighted by atomic mass is 16.3. The molecule has 0 bridgehead atoms. The van der Waals surface area contributed by atoms with E-state index >= 15 is 0 Å². The number of nitrogens with zero attached hydrogens (tertiary/aromatic N) is 3. The van der Waals surface area contributed by atoms with E-state index in [1.165, 1.54) is 19.2 Å². The molecule has 1 unspecified atom stereocenters. The minimum absolute atomic E-state index is 0.0303. The molecule has 1 saturated heterocycles. The fraction of sp³-hybridized carbons (Fsp3) is 0.615. The average Bonchev–Trinajstić information content (AvgIpc) is 2.66. The van der Waals surface area contributed by atoms with Gasteiger partial charge in [-0.25, -0.2) is 4.68 Å². The Kier molecular flexibility index (Phi) is 4.31. The van der Waals surface area contributed by atoms with Gasteiger partial charge in [-0.15, -0.1) is 0 Å². The van der Waals surface area contributed by atoms with E-state index in [0.29, 0.717) is 6.54 Å². The van der Waals surface area contributed by atoms with Crippen LogP contribution in [0.3, 0.4) is 0 Å². The zero-order chi connectivity index (χ0) is 13.8. The van der Waals surface area contributed by atoms with Gasteiger partial charge in [-0.05, 0) is 18.9 Å². The number of carbonyl (C=O) groups excluding carboxylic acids is 1. The molecular formula is C13H19N3O3. The number of aliphatic hydroxyl groups is 1. The molecule has 0 saturated carbocycles. The van der Waals surface area contributed by atoms with Crippen molar-refractivity contribution in [2.24, 2.45) is 7.05 Å². The zero-order valence-corrected chi connectivity index (χ0v) is 11.1. The molecule has 1 fully saturated rings. The maximum absolute atomic E-state index is 12.4. The van der Waals surface area contributed by atoms with Crippen LogP contribution in [0.1, 0.15) is 36.2 Å². The Morgan fingerprint density at radius 2 is 2.21 bits per heavy atom. The second-order valence-electron chi connectivity index (χ2n) is 4.86. The Hall–Kier alpha value is -1.69. The lowest BCUT2D eigenvalue weighted by Crippen LogP contribution is -2.43. The van der Waals surface area contributed by atoms with Crippen molar-refractivity contribution in [3.63, 3.8) is 0 Å². The number of aryl methyl sites for hydroxylation is 1. The Bertz CT molecular complexity index is 512. The van der Waals surface area contributed by atoms with Gasteiger partial charge in [-0.2, -0.15) is 5.10 Å². The minimum atomic E-state index is -0.244. The van der Waals surface area contributed by atoms with Crippen molar-refractivity contribution >= 4 is 5.91 Å². The third-order valence-corrected chi connectivity index (χ3v) is 3.53. The quantitative estimate of drug-likeness (QED) is 0.826. The molecular weight excluding hydrogens is 246 g/mol. The normalized spacial score (nSPS) is 20.1. The highest BCUT2D eigenvalue weighted by Crippen LogP contribution is 2.18. The van der Waals surface area contributed by atoms with E-state index < -0.39 is 0 Å². The average molecular weight is 265 g/mol. The lowest BCUT2D eigenvalue weighted by molar-refractivity contribution is 0.0591. The fourth-order valence-corrected chi connectivity index (χ4v) is 2.40. The zero-order valence-electron chi connectivity index (χ0n) is 11.1. The first-order valence-electron chi connectivity index (χ1n) is 6.59. The Morgan fingerprint density at radius 1 is 1.42 bits per heavy atom. The lowest BCUT2D eigenvalue weighted by Gasteiger charge is -2.28. The first-order valence-corrected chi connectivity index (χ1v) is 6.59. The van der Waals surface area contributed by atoms with E-state index in [-0.39, 0.29) is 29.8 Å². The van der Waals surface area contributed by atoms with Crippen molar-refractivity contribution in [2.75, 3.05) is 13.2 Å². The van der Waals surface area contributed by atoms with Crippen LogP contribution in [0, 0.1) is 0 Å². The summed E-state index contributed by atoms with van der Waals surface area (Å²) in [6, 6.07) is 2.64. The molecule has 2 rings (SSSR count). The Morgan fingerprint density at radius 3 is 2.89 bits per heavy atom. The molecule has 0 aliphatic carbocycles. The first kappa shape index (κ1) is 13.7. The number of rotatable bonds is 2. The highest BCUT2D eigenvalue weighted by molar-refractivity contribution is 5.92. The van der Waals surface area contributed by atoms with Crippen LogP contribution >= 0.6 is 0 Å². The van der Waals surface area contributed by atoms with Gasteiger partial charge in [0.15, 0.2) is 0 Å². The van der Waals surface area contributed by atoms with Crippen LogP contribution in [0.25, 0.3) is 0 Å². The molecule has 104 valence electrons. The third-order valence-electron chi connectivity index (χ3n) is 3.53. The second-order valence-corrected chi connectivity index (χ2v) is 4.86. The Balaban J connectivity index is 2.25. The van der Waals surface area contributed by atoms with Gasteiger partial charge in [0.25, 0.3) is 11.5 Å². The summed E-state index contributed by atoms with van der Waals surface area (Å²) in [7, 11) is 1.52. The number of hydrogen-bond acceptors (Lipinski definition) is 4. The molecule has 1 aliphatic rings. The van der Waals surface area contributed by atoms with Crippen LogP contribution in [0.15, 0.2) is 16.9 Å². The van der Waals surface area contributed by atoms with Gasteiger partial charge in [-0.3, -0.25) is 9.59 Å². The smallest absolute Gasteiger partial charge is 0.274 e. The van der Waals surface area contributed by atoms with Crippen molar-refractivity contribution < 1.29 is 9.90 Å². The number of aliphatic hydroxyl groups excluding tert-OH is 1. The monoisotopic (exact) mass is 265 g/mol. The molecule has 1 amide bonds. The molecule has 6 heteroatoms. The molecule has 0 aromatic carbocycles. The predicted octanol–water partition coefficient (Wildman–Crippen LogP) is 0.157. The molecule has 1 N–H and O–H groups in total. The number of carbonyl (C=O) groups is 1. The summed E-state index contributed by atoms with van der Waals surface area (Å²) in [5, 5.41) is 13.4. The van der Waals surface area contributed by atoms with Crippen LogP contribution in [0.2, 0.25) is 0 Å². The van der Waals surface area contributed by atoms with Crippen LogP contribution in [-0.2, 0) is 7.05 Å². The molecule has 1 aromatic heterocycles. The number of amides is 1. The molecule has 2 heterocycles. The van der Waals surface area contributed by atoms with Crippen LogP contribution in [0.4, 0.5) is 0 Å². The van der Waals surface area contributed by atoms with Gasteiger partial charge >= 0.3 is 0 Å². The third kappa shape index (κ3) is 3.01. The van der Waals surface area contributed by atoms with E-state index in [2.05, 4.69) is 5.10 Å². The van der Waals surface area contributed by atoms with E-state index in [0.717, 1.165) is 30.4 Å². The van der Waals surface area contributed by atoms with Crippen molar-refractivity contribution in [1.29, 1.82) is 0 Å². The largest absolute Gasteiger partial charge is 0.394 e. The summed E-state index contributed by atoms with van der Waals surface area (Å²) in [6.07, 6.45) is 3.85. The number of hydrogen-bond donors (Lipinski definition) is 1. The van der Waals surface area contributed by atoms with Crippen LogP contribution in [0.5, 0.6) is 0 Å². The maximum atomic E-state index is 12.4. The molecule has 0 radical (unpaired) electrons. The summed E-state index contributed by atoms with van der Waals surface area (Å²) in [4.78, 5) is 25.4. The van der Waals surface area contributed by atoms with Crippen LogP contribution in [-0.4, -0.2) is 44.9 Å². The van der Waals surface area contributed by atoms with Gasteiger partial charge in [-0.1, -0.05) is 12.8 Å². The fourth-order valence-electron chi connectivity index (χ4n) is 2.40. The molecule has 1 atom stereocenters. The van der Waals surface area contributed by atoms with Gasteiger partial charge in [0.1, 0.15) is 5.69 Å². The predicted molar refractivity (Wildman–Crippen MR) is 69.9 cm³/mol. The SMILES string of the molecule is Cn1nc(C(=O)N2CCCCCC2CO)ccc1=O. The van der Waals surface area contributed by atoms with E-state index in [4.69, 9.17) is 0 Å². The van der Waals surface area contributed by atoms with Gasteiger partial charge < -0.3 is 10.0 Å². The summed E-state index contributed by atoms with van der Waals surface area (Å²) in [6.45, 7) is 0.603. The highest BCUT2D eigenvalue weighted by Gasteiger charge is 2.26. The Labute approximate surface area is 111 Å². The molecule has 1 aromatic rings. The molecule has 6 nitrogen and oxygen atoms in total. The minimum Gasteiger partial charge on any atom is -0.394 e. The second kappa shape index (κ2) is 5.97. The van der Waals surface area contributed by atoms with E-state index in [1.807, 2.05) is 0 Å². The summed E-state index contributed by atoms with van der Waals surface area (Å²) in [5.41, 5.74) is 0.00794. The van der Waals surface area contributed by atoms with Gasteiger partial charge in [0.2, 0.25) is 0 Å². The standard InChI is InChI=1S/C13H19N3O3/c1-15-12(18)7-6-11(14-15)13(19)16-8-4-2-3-5-10(16)9-17/h6-7,10,17H,2-5,8-9H2,1H3. The van der Waals surface area contributed by atoms with Crippen molar-refractivity contribution in [3.05, 3.63) is 28.2 Å². The number of aromatic nitrogens is 2. The summed E-state index contributed by atoms with van der Waals surface area (Å²) >= 11 is 0. The molecule has 0 spiro atoms. The lowest BCUT2D eigenvalue weighted by atomic mass is 10.1. The summed E-state index contributed by atoms with van der Waals surface area (Å²) < 4.78 is 1.15. The first-order chi connectivity index (χ1) is 9.13. The van der Waals surface area contributed by atoms with Gasteiger partial charge in [0.05, 0.1) is 12.6 Å². The topological polar surface area (TPSA) is 75.4 Å². The van der Waals surface area contributed by atoms with E-state index in [9.17, 15) is 14.7 Å². The number of likely N-dealkylation sites (tertiary alicyclic amines) is 1. The van der Waals surface area contributed by atoms with Gasteiger partial charge in [0, 0.05) is 19.7 Å². The van der Waals surface area contributed by atoms with Crippen molar-refractivity contribution in [2.45, 2.75) is 31.7 Å². The van der Waals surface area contributed by atoms with E-state index in [1.54, 1.807) is 4.90 Å². The molecule has 1 aliphatic heterocycles. The maximum Gasteiger partial charge on any atom is 0.274 e.